The third kappa shape index (κ3) is 5.76. The second-order valence-corrected chi connectivity index (χ2v) is 8.82. The maximum atomic E-state index is 12.0. The zero-order valence-electron chi connectivity index (χ0n) is 16.2. The lowest BCUT2D eigenvalue weighted by atomic mass is 9.93. The molecule has 28 heavy (non-hydrogen) atoms. The van der Waals surface area contributed by atoms with Gasteiger partial charge in [-0.25, -0.2) is 4.79 Å². The normalized spacial score (nSPS) is 14.5. The molecule has 0 unspecified atom stereocenters. The van der Waals surface area contributed by atoms with Gasteiger partial charge in [0.15, 0.2) is 0 Å². The number of hydrogen-bond acceptors (Lipinski definition) is 4. The minimum absolute atomic E-state index is 0.243. The van der Waals surface area contributed by atoms with Crippen LogP contribution in [0.1, 0.15) is 32.0 Å². The predicted molar refractivity (Wildman–Crippen MR) is 110 cm³/mol. The van der Waals surface area contributed by atoms with Crippen LogP contribution >= 0.6 is 23.2 Å². The van der Waals surface area contributed by atoms with Crippen molar-refractivity contribution in [2.45, 2.75) is 39.4 Å². The molecule has 2 heterocycles. The minimum Gasteiger partial charge on any atom is -0.486 e. The molecular weight excluding hydrogens is 399 g/mol. The third-order valence-corrected chi connectivity index (χ3v) is 4.81. The summed E-state index contributed by atoms with van der Waals surface area (Å²) in [5.74, 6) is 1.000. The Balaban J connectivity index is 1.50. The number of carbonyl (C=O) groups excluding carboxylic acids is 1. The first-order valence-corrected chi connectivity index (χ1v) is 9.95. The molecule has 0 bridgehead atoms. The van der Waals surface area contributed by atoms with Crippen LogP contribution in [0.5, 0.6) is 5.75 Å². The van der Waals surface area contributed by atoms with Gasteiger partial charge in [-0.15, -0.1) is 0 Å². The number of aromatic nitrogens is 1. The average molecular weight is 423 g/mol. The van der Waals surface area contributed by atoms with E-state index < -0.39 is 5.60 Å². The number of pyridine rings is 1. The maximum Gasteiger partial charge on any atom is 0.410 e. The van der Waals surface area contributed by atoms with Gasteiger partial charge in [-0.3, -0.25) is 4.98 Å². The SMILES string of the molecule is CC(C)(C)OC(=O)N1CC(Cc2ccnc(COc3ccc(Cl)cc3Cl)c2)C1. The number of likely N-dealkylation sites (tertiary alicyclic amines) is 1. The Morgan fingerprint density at radius 2 is 1.96 bits per heavy atom. The van der Waals surface area contributed by atoms with Crippen molar-refractivity contribution in [3.05, 3.63) is 57.8 Å². The molecule has 3 rings (SSSR count). The van der Waals surface area contributed by atoms with Crippen molar-refractivity contribution in [3.8, 4) is 5.75 Å². The summed E-state index contributed by atoms with van der Waals surface area (Å²) in [6.45, 7) is 7.37. The van der Waals surface area contributed by atoms with E-state index in [1.807, 2.05) is 32.9 Å². The molecule has 1 saturated heterocycles. The highest BCUT2D eigenvalue weighted by Crippen LogP contribution is 2.28. The Hall–Kier alpha value is -1.98. The van der Waals surface area contributed by atoms with Crippen molar-refractivity contribution in [1.82, 2.24) is 9.88 Å². The van der Waals surface area contributed by atoms with Crippen LogP contribution in [-0.4, -0.2) is 34.7 Å². The van der Waals surface area contributed by atoms with Crippen LogP contribution in [0, 0.1) is 5.92 Å². The van der Waals surface area contributed by atoms with Gasteiger partial charge >= 0.3 is 6.09 Å². The Labute approximate surface area is 175 Å². The van der Waals surface area contributed by atoms with Gasteiger partial charge in [0.1, 0.15) is 18.0 Å². The molecule has 5 nitrogen and oxygen atoms in total. The molecule has 150 valence electrons. The lowest BCUT2D eigenvalue weighted by molar-refractivity contribution is -0.000885. The zero-order chi connectivity index (χ0) is 20.3. The largest absolute Gasteiger partial charge is 0.486 e. The van der Waals surface area contributed by atoms with Gasteiger partial charge in [0.25, 0.3) is 0 Å². The fraction of sp³-hybridized carbons (Fsp3) is 0.429. The Morgan fingerprint density at radius 3 is 2.64 bits per heavy atom. The zero-order valence-corrected chi connectivity index (χ0v) is 17.8. The molecule has 1 aromatic carbocycles. The van der Waals surface area contributed by atoms with Gasteiger partial charge in [-0.1, -0.05) is 23.2 Å². The van der Waals surface area contributed by atoms with E-state index in [0.29, 0.717) is 41.4 Å². The van der Waals surface area contributed by atoms with E-state index in [9.17, 15) is 4.79 Å². The molecule has 0 aliphatic carbocycles. The highest BCUT2D eigenvalue weighted by Gasteiger charge is 2.33. The highest BCUT2D eigenvalue weighted by molar-refractivity contribution is 6.35. The van der Waals surface area contributed by atoms with Crippen molar-refractivity contribution >= 4 is 29.3 Å². The van der Waals surface area contributed by atoms with E-state index >= 15 is 0 Å². The Morgan fingerprint density at radius 1 is 1.21 bits per heavy atom. The van der Waals surface area contributed by atoms with Gasteiger partial charge in [0.2, 0.25) is 0 Å². The maximum absolute atomic E-state index is 12.0. The first-order chi connectivity index (χ1) is 13.2. The molecule has 1 amide bonds. The summed E-state index contributed by atoms with van der Waals surface area (Å²) < 4.78 is 11.1. The van der Waals surface area contributed by atoms with Gasteiger partial charge in [0, 0.05) is 24.3 Å². The van der Waals surface area contributed by atoms with E-state index in [2.05, 4.69) is 4.98 Å². The molecule has 2 aromatic rings. The molecule has 0 atom stereocenters. The average Bonchev–Trinajstić information content (AvgIpc) is 2.55. The Kier molecular flexibility index (Phi) is 6.36. The summed E-state index contributed by atoms with van der Waals surface area (Å²) in [6.07, 6.45) is 2.42. The van der Waals surface area contributed by atoms with Crippen LogP contribution in [0.4, 0.5) is 4.79 Å². The summed E-state index contributed by atoms with van der Waals surface area (Å²) >= 11 is 12.0. The van der Waals surface area contributed by atoms with Gasteiger partial charge in [0.05, 0.1) is 10.7 Å². The summed E-state index contributed by atoms with van der Waals surface area (Å²) in [7, 11) is 0. The van der Waals surface area contributed by atoms with E-state index in [0.717, 1.165) is 12.1 Å². The van der Waals surface area contributed by atoms with Gasteiger partial charge < -0.3 is 14.4 Å². The third-order valence-electron chi connectivity index (χ3n) is 4.28. The smallest absolute Gasteiger partial charge is 0.410 e. The van der Waals surface area contributed by atoms with Crippen molar-refractivity contribution in [2.75, 3.05) is 13.1 Å². The molecule has 0 radical (unpaired) electrons. The van der Waals surface area contributed by atoms with E-state index in [1.54, 1.807) is 29.3 Å². The number of carbonyl (C=O) groups is 1. The number of rotatable bonds is 5. The van der Waals surface area contributed by atoms with Crippen LogP contribution in [-0.2, 0) is 17.8 Å². The standard InChI is InChI=1S/C21H24Cl2N2O3/c1-21(2,3)28-20(26)25-11-15(12-25)8-14-6-7-24-17(9-14)13-27-19-5-4-16(22)10-18(19)23/h4-7,9-10,15H,8,11-13H2,1-3H3. The topological polar surface area (TPSA) is 51.7 Å². The molecular formula is C21H24Cl2N2O3. The number of ether oxygens (including phenoxy) is 2. The summed E-state index contributed by atoms with van der Waals surface area (Å²) in [5, 5.41) is 1.04. The minimum atomic E-state index is -0.463. The molecule has 0 N–H and O–H groups in total. The van der Waals surface area contributed by atoms with Crippen LogP contribution in [0.2, 0.25) is 10.0 Å². The number of amides is 1. The van der Waals surface area contributed by atoms with E-state index in [-0.39, 0.29) is 6.09 Å². The number of nitrogens with zero attached hydrogens (tertiary/aromatic N) is 2. The van der Waals surface area contributed by atoms with Crippen LogP contribution in [0.15, 0.2) is 36.5 Å². The number of hydrogen-bond donors (Lipinski definition) is 0. The lowest BCUT2D eigenvalue weighted by Gasteiger charge is -2.39. The molecule has 1 aliphatic heterocycles. The number of halogens is 2. The van der Waals surface area contributed by atoms with Crippen LogP contribution in [0.25, 0.3) is 0 Å². The van der Waals surface area contributed by atoms with E-state index in [1.165, 1.54) is 5.56 Å². The first kappa shape index (κ1) is 20.7. The second kappa shape index (κ2) is 8.58. The fourth-order valence-corrected chi connectivity index (χ4v) is 3.45. The molecule has 0 spiro atoms. The highest BCUT2D eigenvalue weighted by atomic mass is 35.5. The van der Waals surface area contributed by atoms with Crippen molar-refractivity contribution < 1.29 is 14.3 Å². The van der Waals surface area contributed by atoms with Crippen molar-refractivity contribution in [2.24, 2.45) is 5.92 Å². The van der Waals surface area contributed by atoms with E-state index in [4.69, 9.17) is 32.7 Å². The van der Waals surface area contributed by atoms with Crippen LogP contribution < -0.4 is 4.74 Å². The monoisotopic (exact) mass is 422 g/mol. The summed E-state index contributed by atoms with van der Waals surface area (Å²) in [6, 6.07) is 9.15. The van der Waals surface area contributed by atoms with Crippen LogP contribution in [0.3, 0.4) is 0 Å². The lowest BCUT2D eigenvalue weighted by Crippen LogP contribution is -2.52. The predicted octanol–water partition coefficient (Wildman–Crippen LogP) is 5.38. The summed E-state index contributed by atoms with van der Waals surface area (Å²) in [5.41, 5.74) is 1.53. The van der Waals surface area contributed by atoms with Gasteiger partial charge in [-0.2, -0.15) is 0 Å². The second-order valence-electron chi connectivity index (χ2n) is 7.97. The van der Waals surface area contributed by atoms with Crippen molar-refractivity contribution in [1.29, 1.82) is 0 Å². The molecule has 1 aromatic heterocycles. The molecule has 1 aliphatic rings. The molecule has 7 heteroatoms. The number of benzene rings is 1. The molecule has 1 fully saturated rings. The fourth-order valence-electron chi connectivity index (χ4n) is 2.99. The summed E-state index contributed by atoms with van der Waals surface area (Å²) in [4.78, 5) is 18.1. The quantitative estimate of drug-likeness (QED) is 0.648. The molecule has 0 saturated carbocycles. The van der Waals surface area contributed by atoms with Gasteiger partial charge in [-0.05, 0) is 69.0 Å². The Bertz CT molecular complexity index is 846. The van der Waals surface area contributed by atoms with Crippen molar-refractivity contribution in [3.63, 3.8) is 0 Å². The first-order valence-electron chi connectivity index (χ1n) is 9.19.